The van der Waals surface area contributed by atoms with Crippen molar-refractivity contribution in [2.75, 3.05) is 23.3 Å². The van der Waals surface area contributed by atoms with E-state index in [1.807, 2.05) is 32.0 Å². The summed E-state index contributed by atoms with van der Waals surface area (Å²) < 4.78 is 1.75. The van der Waals surface area contributed by atoms with E-state index in [1.165, 1.54) is 24.9 Å². The number of aromatic nitrogens is 3. The van der Waals surface area contributed by atoms with Crippen LogP contribution < -0.4 is 10.2 Å². The summed E-state index contributed by atoms with van der Waals surface area (Å²) in [6, 6.07) is 11.7. The Bertz CT molecular complexity index is 939. The second-order valence-electron chi connectivity index (χ2n) is 6.89. The van der Waals surface area contributed by atoms with E-state index in [1.54, 1.807) is 10.6 Å². The molecule has 1 N–H and O–H groups in total. The fraction of sp³-hybridized carbons (Fsp3) is 0.350. The van der Waals surface area contributed by atoms with E-state index in [4.69, 9.17) is 0 Å². The van der Waals surface area contributed by atoms with Gasteiger partial charge in [-0.2, -0.15) is 5.10 Å². The molecule has 0 aliphatic carbocycles. The first-order valence-corrected chi connectivity index (χ1v) is 9.10. The van der Waals surface area contributed by atoms with Gasteiger partial charge in [0, 0.05) is 36.2 Å². The second-order valence-corrected chi connectivity index (χ2v) is 6.89. The van der Waals surface area contributed by atoms with E-state index in [9.17, 15) is 4.79 Å². The summed E-state index contributed by atoms with van der Waals surface area (Å²) in [4.78, 5) is 19.4. The number of carbonyl (C=O) groups excluding carboxylic acids is 1. The van der Waals surface area contributed by atoms with Crippen molar-refractivity contribution in [2.24, 2.45) is 0 Å². The maximum atomic E-state index is 12.6. The Labute approximate surface area is 152 Å². The Morgan fingerprint density at radius 1 is 1.04 bits per heavy atom. The van der Waals surface area contributed by atoms with Gasteiger partial charge >= 0.3 is 0 Å². The van der Waals surface area contributed by atoms with Gasteiger partial charge in [-0.1, -0.05) is 0 Å². The first-order valence-electron chi connectivity index (χ1n) is 9.10. The van der Waals surface area contributed by atoms with Crippen LogP contribution in [0.15, 0.2) is 36.4 Å². The lowest BCUT2D eigenvalue weighted by Gasteiger charge is -2.28. The van der Waals surface area contributed by atoms with Crippen LogP contribution in [0.25, 0.3) is 5.65 Å². The minimum absolute atomic E-state index is 0.208. The van der Waals surface area contributed by atoms with E-state index < -0.39 is 0 Å². The van der Waals surface area contributed by atoms with E-state index in [0.717, 1.165) is 30.2 Å². The number of carbonyl (C=O) groups is 1. The predicted molar refractivity (Wildman–Crippen MR) is 103 cm³/mol. The zero-order valence-corrected chi connectivity index (χ0v) is 15.2. The Morgan fingerprint density at radius 2 is 1.77 bits per heavy atom. The molecule has 1 saturated heterocycles. The van der Waals surface area contributed by atoms with Crippen molar-refractivity contribution >= 4 is 22.9 Å². The van der Waals surface area contributed by atoms with Gasteiger partial charge in [-0.05, 0) is 63.4 Å². The van der Waals surface area contributed by atoms with Crippen LogP contribution in [0.4, 0.5) is 11.4 Å². The largest absolute Gasteiger partial charge is 0.372 e. The van der Waals surface area contributed by atoms with Crippen LogP contribution in [0, 0.1) is 13.8 Å². The predicted octanol–water partition coefficient (Wildman–Crippen LogP) is 3.59. The maximum absolute atomic E-state index is 12.6. The Hall–Kier alpha value is -2.89. The fourth-order valence-electron chi connectivity index (χ4n) is 3.46. The van der Waals surface area contributed by atoms with Crippen molar-refractivity contribution in [2.45, 2.75) is 33.1 Å². The molecule has 1 aliphatic rings. The third kappa shape index (κ3) is 3.27. The number of nitrogens with one attached hydrogen (secondary N) is 1. The summed E-state index contributed by atoms with van der Waals surface area (Å²) in [6.45, 7) is 6.06. The molecule has 0 spiro atoms. The van der Waals surface area contributed by atoms with Crippen LogP contribution in [0.2, 0.25) is 0 Å². The molecule has 0 radical (unpaired) electrons. The number of aryl methyl sites for hydroxylation is 2. The van der Waals surface area contributed by atoms with Crippen LogP contribution in [0.3, 0.4) is 0 Å². The lowest BCUT2D eigenvalue weighted by Crippen LogP contribution is -2.29. The summed E-state index contributed by atoms with van der Waals surface area (Å²) >= 11 is 0. The second kappa shape index (κ2) is 6.78. The minimum Gasteiger partial charge on any atom is -0.372 e. The molecule has 1 fully saturated rings. The zero-order valence-electron chi connectivity index (χ0n) is 15.2. The quantitative estimate of drug-likeness (QED) is 0.785. The summed E-state index contributed by atoms with van der Waals surface area (Å²) in [6.07, 6.45) is 3.82. The average molecular weight is 349 g/mol. The normalized spacial score (nSPS) is 14.6. The number of hydrogen-bond donors (Lipinski definition) is 1. The molecule has 0 unspecified atom stereocenters. The molecule has 1 aliphatic heterocycles. The fourth-order valence-corrected chi connectivity index (χ4v) is 3.46. The molecule has 6 nitrogen and oxygen atoms in total. The summed E-state index contributed by atoms with van der Waals surface area (Å²) in [5.41, 5.74) is 4.84. The number of fused-ring (bicyclic) bond motifs is 1. The first-order chi connectivity index (χ1) is 12.6. The molecule has 2 aromatic heterocycles. The third-order valence-electron chi connectivity index (χ3n) is 4.81. The van der Waals surface area contributed by atoms with Gasteiger partial charge in [-0.15, -0.1) is 0 Å². The average Bonchev–Trinajstić information content (AvgIpc) is 3.04. The van der Waals surface area contributed by atoms with Crippen molar-refractivity contribution in [3.05, 3.63) is 53.5 Å². The molecule has 0 bridgehead atoms. The Morgan fingerprint density at radius 3 is 2.50 bits per heavy atom. The molecular weight excluding hydrogens is 326 g/mol. The van der Waals surface area contributed by atoms with E-state index in [-0.39, 0.29) is 5.91 Å². The van der Waals surface area contributed by atoms with Gasteiger partial charge in [0.25, 0.3) is 5.91 Å². The van der Waals surface area contributed by atoms with Gasteiger partial charge in [0.05, 0.1) is 5.69 Å². The lowest BCUT2D eigenvalue weighted by molar-refractivity contribution is 0.102. The minimum atomic E-state index is -0.208. The summed E-state index contributed by atoms with van der Waals surface area (Å²) in [5.74, 6) is -0.208. The van der Waals surface area contributed by atoms with Crippen molar-refractivity contribution < 1.29 is 4.79 Å². The van der Waals surface area contributed by atoms with E-state index in [2.05, 4.69) is 32.4 Å². The van der Waals surface area contributed by atoms with Crippen LogP contribution >= 0.6 is 0 Å². The highest BCUT2D eigenvalue weighted by molar-refractivity contribution is 6.03. The molecular formula is C20H23N5O. The van der Waals surface area contributed by atoms with Crippen LogP contribution in [0.5, 0.6) is 0 Å². The summed E-state index contributed by atoms with van der Waals surface area (Å²) in [7, 11) is 0. The number of amides is 1. The molecule has 134 valence electrons. The van der Waals surface area contributed by atoms with Crippen molar-refractivity contribution in [1.82, 2.24) is 14.6 Å². The Balaban J connectivity index is 1.50. The highest BCUT2D eigenvalue weighted by Gasteiger charge is 2.13. The van der Waals surface area contributed by atoms with Crippen LogP contribution in [0.1, 0.15) is 41.1 Å². The molecule has 3 heterocycles. The highest BCUT2D eigenvalue weighted by Crippen LogP contribution is 2.22. The monoisotopic (exact) mass is 349 g/mol. The van der Waals surface area contributed by atoms with Gasteiger partial charge in [0.15, 0.2) is 5.65 Å². The number of hydrogen-bond acceptors (Lipinski definition) is 4. The van der Waals surface area contributed by atoms with Crippen LogP contribution in [-0.2, 0) is 0 Å². The smallest absolute Gasteiger partial charge is 0.274 e. The van der Waals surface area contributed by atoms with E-state index in [0.29, 0.717) is 11.3 Å². The third-order valence-corrected chi connectivity index (χ3v) is 4.81. The zero-order chi connectivity index (χ0) is 18.1. The lowest BCUT2D eigenvalue weighted by atomic mass is 10.1. The molecule has 0 atom stereocenters. The summed E-state index contributed by atoms with van der Waals surface area (Å²) in [5, 5.41) is 7.31. The number of anilines is 2. The molecule has 4 rings (SSSR count). The van der Waals surface area contributed by atoms with Gasteiger partial charge in [-0.25, -0.2) is 9.50 Å². The number of rotatable bonds is 3. The van der Waals surface area contributed by atoms with Gasteiger partial charge < -0.3 is 10.2 Å². The Kier molecular flexibility index (Phi) is 4.32. The number of benzene rings is 1. The van der Waals surface area contributed by atoms with Crippen molar-refractivity contribution in [1.29, 1.82) is 0 Å². The highest BCUT2D eigenvalue weighted by atomic mass is 16.1. The number of piperidine rings is 1. The maximum Gasteiger partial charge on any atom is 0.274 e. The van der Waals surface area contributed by atoms with Gasteiger partial charge in [-0.3, -0.25) is 4.79 Å². The molecule has 1 amide bonds. The topological polar surface area (TPSA) is 62.5 Å². The standard InChI is InChI=1S/C20H23N5O/c1-14-12-19-22-18(13-15(2)25(19)23-14)20(26)21-16-6-8-17(9-7-16)24-10-4-3-5-11-24/h6-9,12-13H,3-5,10-11H2,1-2H3,(H,21,26). The first kappa shape index (κ1) is 16.6. The molecule has 26 heavy (non-hydrogen) atoms. The van der Waals surface area contributed by atoms with E-state index >= 15 is 0 Å². The molecule has 6 heteroatoms. The molecule has 3 aromatic rings. The van der Waals surface area contributed by atoms with Gasteiger partial charge in [0.2, 0.25) is 0 Å². The SMILES string of the molecule is Cc1cc2nc(C(=O)Nc3ccc(N4CCCCC4)cc3)cc(C)n2n1. The van der Waals surface area contributed by atoms with Crippen molar-refractivity contribution in [3.8, 4) is 0 Å². The molecule has 0 saturated carbocycles. The van der Waals surface area contributed by atoms with Crippen LogP contribution in [-0.4, -0.2) is 33.6 Å². The van der Waals surface area contributed by atoms with Gasteiger partial charge in [0.1, 0.15) is 5.69 Å². The number of nitrogens with zero attached hydrogens (tertiary/aromatic N) is 4. The molecule has 1 aromatic carbocycles. The van der Waals surface area contributed by atoms with Crippen molar-refractivity contribution in [3.63, 3.8) is 0 Å².